The van der Waals surface area contributed by atoms with Crippen LogP contribution in [0.1, 0.15) is 27.2 Å². The third kappa shape index (κ3) is 4.69. The van der Waals surface area contributed by atoms with E-state index >= 15 is 0 Å². The van der Waals surface area contributed by atoms with Gasteiger partial charge in [-0.05, 0) is 36.6 Å². The quantitative estimate of drug-likeness (QED) is 0.771. The van der Waals surface area contributed by atoms with Crippen LogP contribution in [0.4, 0.5) is 5.69 Å². The first-order valence-corrected chi connectivity index (χ1v) is 8.69. The van der Waals surface area contributed by atoms with Gasteiger partial charge in [0.15, 0.2) is 0 Å². The van der Waals surface area contributed by atoms with E-state index in [0.29, 0.717) is 24.5 Å². The smallest absolute Gasteiger partial charge is 0.243 e. The van der Waals surface area contributed by atoms with Gasteiger partial charge < -0.3 is 11.1 Å². The predicted octanol–water partition coefficient (Wildman–Crippen LogP) is 2.11. The van der Waals surface area contributed by atoms with Crippen molar-refractivity contribution in [2.45, 2.75) is 32.1 Å². The van der Waals surface area contributed by atoms with E-state index in [4.69, 9.17) is 5.73 Å². The van der Waals surface area contributed by atoms with Crippen molar-refractivity contribution >= 4 is 15.7 Å². The number of anilines is 1. The van der Waals surface area contributed by atoms with E-state index in [1.54, 1.807) is 25.2 Å². The van der Waals surface area contributed by atoms with Gasteiger partial charge in [-0.25, -0.2) is 8.42 Å². The van der Waals surface area contributed by atoms with Gasteiger partial charge in [-0.2, -0.15) is 4.31 Å². The molecule has 0 aliphatic heterocycles. The van der Waals surface area contributed by atoms with Gasteiger partial charge in [0.1, 0.15) is 0 Å². The molecule has 1 aromatic rings. The molecule has 0 radical (unpaired) electrons. The molecule has 0 aliphatic rings. The molecule has 6 heteroatoms. The minimum Gasteiger partial charge on any atom is -0.388 e. The second kappa shape index (κ2) is 7.24. The Morgan fingerprint density at radius 2 is 2.00 bits per heavy atom. The van der Waals surface area contributed by atoms with E-state index in [-0.39, 0.29) is 5.41 Å². The van der Waals surface area contributed by atoms with Gasteiger partial charge in [0.25, 0.3) is 0 Å². The fourth-order valence-electron chi connectivity index (χ4n) is 2.28. The topological polar surface area (TPSA) is 75.4 Å². The number of nitrogens with two attached hydrogens (primary N) is 1. The summed E-state index contributed by atoms with van der Waals surface area (Å²) < 4.78 is 27.1. The van der Waals surface area contributed by atoms with Crippen LogP contribution in [0.5, 0.6) is 0 Å². The van der Waals surface area contributed by atoms with Crippen molar-refractivity contribution in [1.29, 1.82) is 0 Å². The van der Waals surface area contributed by atoms with Crippen molar-refractivity contribution in [3.63, 3.8) is 0 Å². The van der Waals surface area contributed by atoms with Crippen LogP contribution in [0.15, 0.2) is 29.2 Å². The van der Waals surface area contributed by atoms with Crippen LogP contribution in [0.3, 0.4) is 0 Å². The summed E-state index contributed by atoms with van der Waals surface area (Å²) in [4.78, 5) is 0.319. The van der Waals surface area contributed by atoms with E-state index in [9.17, 15) is 8.42 Å². The maximum Gasteiger partial charge on any atom is 0.243 e. The number of sulfonamides is 1. The molecule has 1 rings (SSSR count). The van der Waals surface area contributed by atoms with Gasteiger partial charge in [0.2, 0.25) is 10.0 Å². The standard InChI is InChI=1S/C15H27N3O2S/c1-5-18(12-15(2,3)9-10-16)21(19,20)14-8-6-7-13(11-14)17-4/h6-8,11,17H,5,9-10,12,16H2,1-4H3. The second-order valence-electron chi connectivity index (χ2n) is 5.91. The predicted molar refractivity (Wildman–Crippen MR) is 87.9 cm³/mol. The highest BCUT2D eigenvalue weighted by Gasteiger charge is 2.29. The molecule has 0 atom stereocenters. The minimum absolute atomic E-state index is 0.140. The summed E-state index contributed by atoms with van der Waals surface area (Å²) in [6.45, 7) is 7.41. The summed E-state index contributed by atoms with van der Waals surface area (Å²) in [7, 11) is -1.71. The van der Waals surface area contributed by atoms with Crippen LogP contribution < -0.4 is 11.1 Å². The Hall–Kier alpha value is -1.11. The molecule has 1 aromatic carbocycles. The molecule has 0 saturated carbocycles. The molecule has 0 bridgehead atoms. The summed E-state index contributed by atoms with van der Waals surface area (Å²) in [6, 6.07) is 6.88. The number of benzene rings is 1. The summed E-state index contributed by atoms with van der Waals surface area (Å²) in [5.41, 5.74) is 6.26. The Morgan fingerprint density at radius 3 is 2.52 bits per heavy atom. The molecule has 0 aliphatic carbocycles. The van der Waals surface area contributed by atoms with Crippen molar-refractivity contribution < 1.29 is 8.42 Å². The Labute approximate surface area is 128 Å². The van der Waals surface area contributed by atoms with E-state index in [1.165, 1.54) is 4.31 Å². The molecule has 0 aromatic heterocycles. The summed E-state index contributed by atoms with van der Waals surface area (Å²) in [5, 5.41) is 2.97. The lowest BCUT2D eigenvalue weighted by Gasteiger charge is -2.31. The molecular weight excluding hydrogens is 286 g/mol. The first-order valence-electron chi connectivity index (χ1n) is 7.25. The van der Waals surface area contributed by atoms with E-state index in [0.717, 1.165) is 12.1 Å². The van der Waals surface area contributed by atoms with Crippen LogP contribution in [-0.2, 0) is 10.0 Å². The van der Waals surface area contributed by atoms with E-state index in [1.807, 2.05) is 26.8 Å². The lowest BCUT2D eigenvalue weighted by atomic mass is 9.89. The zero-order chi connectivity index (χ0) is 16.1. The summed E-state index contributed by atoms with van der Waals surface area (Å²) >= 11 is 0. The normalized spacial score (nSPS) is 12.7. The number of nitrogens with zero attached hydrogens (tertiary/aromatic N) is 1. The molecule has 0 amide bonds. The Balaban J connectivity index is 3.07. The lowest BCUT2D eigenvalue weighted by molar-refractivity contribution is 0.251. The minimum atomic E-state index is -3.48. The zero-order valence-corrected chi connectivity index (χ0v) is 14.2. The first-order chi connectivity index (χ1) is 9.76. The van der Waals surface area contributed by atoms with Gasteiger partial charge in [-0.1, -0.05) is 26.8 Å². The van der Waals surface area contributed by atoms with Gasteiger partial charge in [-0.15, -0.1) is 0 Å². The molecule has 0 fully saturated rings. The zero-order valence-electron chi connectivity index (χ0n) is 13.4. The van der Waals surface area contributed by atoms with Crippen molar-refractivity contribution in [3.05, 3.63) is 24.3 Å². The highest BCUT2D eigenvalue weighted by molar-refractivity contribution is 7.89. The number of nitrogens with one attached hydrogen (secondary N) is 1. The maximum absolute atomic E-state index is 12.8. The third-order valence-corrected chi connectivity index (χ3v) is 5.46. The van der Waals surface area contributed by atoms with Crippen molar-refractivity contribution in [3.8, 4) is 0 Å². The fourth-order valence-corrected chi connectivity index (χ4v) is 3.96. The molecule has 3 N–H and O–H groups in total. The Morgan fingerprint density at radius 1 is 1.33 bits per heavy atom. The van der Waals surface area contributed by atoms with E-state index < -0.39 is 10.0 Å². The van der Waals surface area contributed by atoms with Gasteiger partial charge in [0.05, 0.1) is 4.90 Å². The van der Waals surface area contributed by atoms with Crippen LogP contribution in [-0.4, -0.2) is 39.4 Å². The number of hydrogen-bond donors (Lipinski definition) is 2. The molecular formula is C15H27N3O2S. The molecule has 0 saturated heterocycles. The summed E-state index contributed by atoms with van der Waals surface area (Å²) in [5.74, 6) is 0. The maximum atomic E-state index is 12.8. The van der Waals surface area contributed by atoms with Crippen LogP contribution in [0, 0.1) is 5.41 Å². The van der Waals surface area contributed by atoms with E-state index in [2.05, 4.69) is 5.32 Å². The molecule has 120 valence electrons. The average Bonchev–Trinajstić information content (AvgIpc) is 2.44. The van der Waals surface area contributed by atoms with Gasteiger partial charge >= 0.3 is 0 Å². The Bertz CT molecular complexity index is 556. The Kier molecular flexibility index (Phi) is 6.19. The van der Waals surface area contributed by atoms with Gasteiger partial charge in [-0.3, -0.25) is 0 Å². The molecule has 5 nitrogen and oxygen atoms in total. The first kappa shape index (κ1) is 17.9. The molecule has 0 heterocycles. The average molecular weight is 313 g/mol. The summed E-state index contributed by atoms with van der Waals surface area (Å²) in [6.07, 6.45) is 0.787. The highest BCUT2D eigenvalue weighted by Crippen LogP contribution is 2.26. The molecule has 0 spiro atoms. The van der Waals surface area contributed by atoms with Crippen molar-refractivity contribution in [2.75, 3.05) is 32.0 Å². The van der Waals surface area contributed by atoms with Crippen LogP contribution in [0.25, 0.3) is 0 Å². The lowest BCUT2D eigenvalue weighted by Crippen LogP contribution is -2.39. The van der Waals surface area contributed by atoms with Crippen LogP contribution in [0.2, 0.25) is 0 Å². The fraction of sp³-hybridized carbons (Fsp3) is 0.600. The largest absolute Gasteiger partial charge is 0.388 e. The van der Waals surface area contributed by atoms with Crippen LogP contribution >= 0.6 is 0 Å². The second-order valence-corrected chi connectivity index (χ2v) is 7.85. The SMILES string of the molecule is CCN(CC(C)(C)CCN)S(=O)(=O)c1cccc(NC)c1. The third-order valence-electron chi connectivity index (χ3n) is 3.54. The molecule has 0 unspecified atom stereocenters. The number of rotatable bonds is 8. The number of hydrogen-bond acceptors (Lipinski definition) is 4. The van der Waals surface area contributed by atoms with Crippen molar-refractivity contribution in [2.24, 2.45) is 11.1 Å². The molecule has 21 heavy (non-hydrogen) atoms. The van der Waals surface area contributed by atoms with Gasteiger partial charge in [0, 0.05) is 25.8 Å². The monoisotopic (exact) mass is 313 g/mol. The highest BCUT2D eigenvalue weighted by atomic mass is 32.2. The van der Waals surface area contributed by atoms with Crippen molar-refractivity contribution in [1.82, 2.24) is 4.31 Å².